The third-order valence-corrected chi connectivity index (χ3v) is 1.87. The maximum atomic E-state index is 4.98. The fourth-order valence-electron chi connectivity index (χ4n) is 1.13. The van der Waals surface area contributed by atoms with Crippen LogP contribution in [0.2, 0.25) is 0 Å². The van der Waals surface area contributed by atoms with Crippen molar-refractivity contribution in [3.8, 4) is 5.88 Å². The molecular formula is C9H11N5O2. The molecule has 0 radical (unpaired) electrons. The SMILES string of the molecule is COc1ccnc(NCCc2ncno2)n1. The number of rotatable bonds is 5. The van der Waals surface area contributed by atoms with Gasteiger partial charge in [0.15, 0.2) is 6.33 Å². The number of methoxy groups -OCH3 is 1. The molecule has 0 aliphatic rings. The van der Waals surface area contributed by atoms with Gasteiger partial charge in [-0.3, -0.25) is 0 Å². The van der Waals surface area contributed by atoms with E-state index in [-0.39, 0.29) is 0 Å². The van der Waals surface area contributed by atoms with Crippen molar-refractivity contribution < 1.29 is 9.26 Å². The van der Waals surface area contributed by atoms with Gasteiger partial charge in [-0.2, -0.15) is 9.97 Å². The number of hydrogen-bond acceptors (Lipinski definition) is 7. The molecule has 0 saturated heterocycles. The van der Waals surface area contributed by atoms with Crippen LogP contribution < -0.4 is 10.1 Å². The van der Waals surface area contributed by atoms with Crippen LogP contribution in [-0.4, -0.2) is 33.8 Å². The minimum atomic E-state index is 0.513. The Labute approximate surface area is 91.9 Å². The molecule has 0 unspecified atom stereocenters. The van der Waals surface area contributed by atoms with E-state index in [0.717, 1.165) is 0 Å². The second kappa shape index (κ2) is 5.06. The van der Waals surface area contributed by atoms with Crippen molar-refractivity contribution in [2.24, 2.45) is 0 Å². The zero-order chi connectivity index (χ0) is 11.2. The standard InChI is InChI=1S/C9H11N5O2/c1-15-8-3-5-11-9(14-8)10-4-2-7-12-6-13-16-7/h3,5-6H,2,4H2,1H3,(H,10,11,14). The fraction of sp³-hybridized carbons (Fsp3) is 0.333. The summed E-state index contributed by atoms with van der Waals surface area (Å²) in [5.41, 5.74) is 0. The molecule has 0 atom stereocenters. The molecule has 2 rings (SSSR count). The van der Waals surface area contributed by atoms with Crippen LogP contribution in [-0.2, 0) is 6.42 Å². The maximum Gasteiger partial charge on any atom is 0.228 e. The van der Waals surface area contributed by atoms with Gasteiger partial charge in [0.05, 0.1) is 7.11 Å². The smallest absolute Gasteiger partial charge is 0.228 e. The molecule has 0 aliphatic carbocycles. The van der Waals surface area contributed by atoms with Crippen LogP contribution in [0.4, 0.5) is 5.95 Å². The van der Waals surface area contributed by atoms with Crippen LogP contribution in [0.5, 0.6) is 5.88 Å². The largest absolute Gasteiger partial charge is 0.481 e. The minimum Gasteiger partial charge on any atom is -0.481 e. The summed E-state index contributed by atoms with van der Waals surface area (Å²) in [6, 6.07) is 1.68. The summed E-state index contributed by atoms with van der Waals surface area (Å²) in [6.45, 7) is 0.620. The molecule has 0 bridgehead atoms. The van der Waals surface area contributed by atoms with Gasteiger partial charge in [-0.25, -0.2) is 4.98 Å². The Bertz CT molecular complexity index is 431. The Morgan fingerprint density at radius 3 is 3.12 bits per heavy atom. The van der Waals surface area contributed by atoms with Crippen molar-refractivity contribution in [2.75, 3.05) is 19.0 Å². The molecule has 2 heterocycles. The molecule has 1 N–H and O–H groups in total. The van der Waals surface area contributed by atoms with E-state index in [9.17, 15) is 0 Å². The molecule has 7 nitrogen and oxygen atoms in total. The van der Waals surface area contributed by atoms with Gasteiger partial charge in [0.1, 0.15) is 0 Å². The average Bonchev–Trinajstić information content (AvgIpc) is 2.82. The Balaban J connectivity index is 1.85. The second-order valence-electron chi connectivity index (χ2n) is 2.93. The number of ether oxygens (including phenoxy) is 1. The van der Waals surface area contributed by atoms with Gasteiger partial charge in [0, 0.05) is 25.2 Å². The average molecular weight is 221 g/mol. The van der Waals surface area contributed by atoms with Gasteiger partial charge in [0.2, 0.25) is 17.7 Å². The summed E-state index contributed by atoms with van der Waals surface area (Å²) in [6.07, 6.45) is 3.62. The predicted octanol–water partition coefficient (Wildman–Crippen LogP) is 0.523. The molecule has 16 heavy (non-hydrogen) atoms. The highest BCUT2D eigenvalue weighted by Gasteiger charge is 2.01. The van der Waals surface area contributed by atoms with E-state index >= 15 is 0 Å². The van der Waals surface area contributed by atoms with Crippen LogP contribution in [0.15, 0.2) is 23.1 Å². The molecule has 0 saturated carbocycles. The number of nitrogens with one attached hydrogen (secondary N) is 1. The molecule has 7 heteroatoms. The van der Waals surface area contributed by atoms with Gasteiger partial charge in [0.25, 0.3) is 0 Å². The van der Waals surface area contributed by atoms with Crippen molar-refractivity contribution in [3.05, 3.63) is 24.5 Å². The third kappa shape index (κ3) is 2.66. The molecular weight excluding hydrogens is 210 g/mol. The molecule has 0 aliphatic heterocycles. The Morgan fingerprint density at radius 2 is 2.38 bits per heavy atom. The minimum absolute atomic E-state index is 0.513. The highest BCUT2D eigenvalue weighted by molar-refractivity contribution is 5.27. The molecule has 2 aromatic rings. The fourth-order valence-corrected chi connectivity index (χ4v) is 1.13. The molecule has 0 fully saturated rings. The van der Waals surface area contributed by atoms with Crippen molar-refractivity contribution in [2.45, 2.75) is 6.42 Å². The Hall–Kier alpha value is -2.18. The lowest BCUT2D eigenvalue weighted by Crippen LogP contribution is -2.08. The van der Waals surface area contributed by atoms with Crippen LogP contribution >= 0.6 is 0 Å². The van der Waals surface area contributed by atoms with Crippen LogP contribution in [0.25, 0.3) is 0 Å². The van der Waals surface area contributed by atoms with E-state index in [4.69, 9.17) is 9.26 Å². The van der Waals surface area contributed by atoms with Crippen molar-refractivity contribution >= 4 is 5.95 Å². The van der Waals surface area contributed by atoms with Crippen molar-refractivity contribution in [1.82, 2.24) is 20.1 Å². The van der Waals surface area contributed by atoms with Crippen LogP contribution in [0, 0.1) is 0 Å². The van der Waals surface area contributed by atoms with Gasteiger partial charge in [-0.1, -0.05) is 5.16 Å². The predicted molar refractivity (Wildman–Crippen MR) is 55.1 cm³/mol. The quantitative estimate of drug-likeness (QED) is 0.787. The summed E-state index contributed by atoms with van der Waals surface area (Å²) in [7, 11) is 1.56. The summed E-state index contributed by atoms with van der Waals surface area (Å²) in [5.74, 6) is 1.62. The summed E-state index contributed by atoms with van der Waals surface area (Å²) < 4.78 is 9.82. The monoisotopic (exact) mass is 221 g/mol. The maximum absolute atomic E-state index is 4.98. The van der Waals surface area contributed by atoms with Gasteiger partial charge >= 0.3 is 0 Å². The first-order valence-corrected chi connectivity index (χ1v) is 4.75. The van der Waals surface area contributed by atoms with Gasteiger partial charge in [-0.05, 0) is 0 Å². The van der Waals surface area contributed by atoms with Crippen molar-refractivity contribution in [1.29, 1.82) is 0 Å². The first-order valence-electron chi connectivity index (χ1n) is 4.75. The highest BCUT2D eigenvalue weighted by atomic mass is 16.5. The van der Waals surface area contributed by atoms with E-state index < -0.39 is 0 Å². The van der Waals surface area contributed by atoms with Crippen molar-refractivity contribution in [3.63, 3.8) is 0 Å². The lowest BCUT2D eigenvalue weighted by molar-refractivity contribution is 0.379. The molecule has 0 amide bonds. The number of nitrogens with zero attached hydrogens (tertiary/aromatic N) is 4. The number of anilines is 1. The van der Waals surface area contributed by atoms with E-state index in [1.807, 2.05) is 0 Å². The lowest BCUT2D eigenvalue weighted by atomic mass is 10.4. The van der Waals surface area contributed by atoms with Crippen LogP contribution in [0.3, 0.4) is 0 Å². The normalized spacial score (nSPS) is 10.1. The molecule has 2 aromatic heterocycles. The molecule has 84 valence electrons. The van der Waals surface area contributed by atoms with Crippen LogP contribution in [0.1, 0.15) is 5.89 Å². The molecule has 0 spiro atoms. The second-order valence-corrected chi connectivity index (χ2v) is 2.93. The van der Waals surface area contributed by atoms with E-state index in [1.54, 1.807) is 19.4 Å². The summed E-state index contributed by atoms with van der Waals surface area (Å²) >= 11 is 0. The van der Waals surface area contributed by atoms with E-state index in [0.29, 0.717) is 30.7 Å². The number of aromatic nitrogens is 4. The van der Waals surface area contributed by atoms with E-state index in [1.165, 1.54) is 6.33 Å². The Kier molecular flexibility index (Phi) is 3.27. The third-order valence-electron chi connectivity index (χ3n) is 1.87. The topological polar surface area (TPSA) is 86.0 Å². The Morgan fingerprint density at radius 1 is 1.44 bits per heavy atom. The molecule has 0 aromatic carbocycles. The lowest BCUT2D eigenvalue weighted by Gasteiger charge is -2.03. The zero-order valence-corrected chi connectivity index (χ0v) is 8.75. The van der Waals surface area contributed by atoms with E-state index in [2.05, 4.69) is 25.4 Å². The highest BCUT2D eigenvalue weighted by Crippen LogP contribution is 2.06. The zero-order valence-electron chi connectivity index (χ0n) is 8.75. The van der Waals surface area contributed by atoms with Gasteiger partial charge < -0.3 is 14.6 Å². The first-order chi connectivity index (χ1) is 7.88. The number of hydrogen-bond donors (Lipinski definition) is 1. The van der Waals surface area contributed by atoms with Gasteiger partial charge in [-0.15, -0.1) is 0 Å². The first kappa shape index (κ1) is 10.3. The summed E-state index contributed by atoms with van der Waals surface area (Å²) in [4.78, 5) is 12.0. The summed E-state index contributed by atoms with van der Waals surface area (Å²) in [5, 5.41) is 6.54.